The first kappa shape index (κ1) is 25.2. The van der Waals surface area contributed by atoms with Crippen LogP contribution in [-0.4, -0.2) is 64.4 Å². The predicted octanol–water partition coefficient (Wildman–Crippen LogP) is 4.75. The molecule has 3 amide bonds. The molecule has 0 bridgehead atoms. The second-order valence-corrected chi connectivity index (χ2v) is 10.7. The highest BCUT2D eigenvalue weighted by atomic mass is 32.2. The highest BCUT2D eigenvalue weighted by molar-refractivity contribution is 8.01. The summed E-state index contributed by atoms with van der Waals surface area (Å²) >= 11 is 2.98. The summed E-state index contributed by atoms with van der Waals surface area (Å²) in [7, 11) is 0. The summed E-state index contributed by atoms with van der Waals surface area (Å²) < 4.78 is 1.82. The molecule has 1 aliphatic heterocycles. The zero-order chi connectivity index (χ0) is 24.8. The van der Waals surface area contributed by atoms with E-state index in [2.05, 4.69) is 10.3 Å². The molecule has 0 radical (unpaired) electrons. The fourth-order valence-corrected chi connectivity index (χ4v) is 6.20. The standard InChI is InChI=1S/C26H30N4O3S2/c1-3-29(4-2)23(31)17-34-26-28-21-11-10-20(16-22(21)35-26)27-24(32)18-12-14-30(15-13-18)25(33)19-8-6-5-7-9-19/h5-11,16,18H,3-4,12-15,17H2,1-2H3,(H,27,32). The van der Waals surface area contributed by atoms with E-state index in [1.54, 1.807) is 0 Å². The molecular formula is C26H30N4O3S2. The van der Waals surface area contributed by atoms with Gasteiger partial charge in [0.25, 0.3) is 5.91 Å². The summed E-state index contributed by atoms with van der Waals surface area (Å²) in [5.74, 6) is 0.372. The van der Waals surface area contributed by atoms with Crippen molar-refractivity contribution in [3.05, 3.63) is 54.1 Å². The molecule has 0 unspecified atom stereocenters. The maximum atomic E-state index is 12.9. The van der Waals surface area contributed by atoms with Gasteiger partial charge in [-0.25, -0.2) is 4.98 Å². The molecule has 1 N–H and O–H groups in total. The van der Waals surface area contributed by atoms with Crippen LogP contribution in [0.4, 0.5) is 5.69 Å². The number of piperidine rings is 1. The Bertz CT molecular complexity index is 1190. The first-order valence-electron chi connectivity index (χ1n) is 11.9. The average molecular weight is 511 g/mol. The summed E-state index contributed by atoms with van der Waals surface area (Å²) in [5.41, 5.74) is 2.28. The number of carbonyl (C=O) groups is 3. The van der Waals surface area contributed by atoms with E-state index in [0.29, 0.717) is 50.3 Å². The molecule has 1 aromatic heterocycles. The largest absolute Gasteiger partial charge is 0.343 e. The highest BCUT2D eigenvalue weighted by Gasteiger charge is 2.28. The van der Waals surface area contributed by atoms with Gasteiger partial charge in [-0.05, 0) is 57.0 Å². The third kappa shape index (κ3) is 6.21. The quantitative estimate of drug-likeness (QED) is 0.443. The van der Waals surface area contributed by atoms with E-state index in [1.807, 2.05) is 72.2 Å². The van der Waals surface area contributed by atoms with E-state index in [4.69, 9.17) is 0 Å². The van der Waals surface area contributed by atoms with Crippen LogP contribution in [0.5, 0.6) is 0 Å². The molecule has 0 saturated carbocycles. The van der Waals surface area contributed by atoms with Crippen LogP contribution in [0.1, 0.15) is 37.0 Å². The number of nitrogens with one attached hydrogen (secondary N) is 1. The van der Waals surface area contributed by atoms with Gasteiger partial charge in [0.2, 0.25) is 11.8 Å². The molecule has 184 valence electrons. The Morgan fingerprint density at radius 3 is 2.49 bits per heavy atom. The number of nitrogens with zero attached hydrogens (tertiary/aromatic N) is 3. The lowest BCUT2D eigenvalue weighted by Crippen LogP contribution is -2.41. The van der Waals surface area contributed by atoms with Crippen LogP contribution in [0, 0.1) is 5.92 Å². The first-order valence-corrected chi connectivity index (χ1v) is 13.7. The van der Waals surface area contributed by atoms with Crippen LogP contribution in [0.15, 0.2) is 52.9 Å². The molecule has 0 aliphatic carbocycles. The SMILES string of the molecule is CCN(CC)C(=O)CSc1nc2ccc(NC(=O)C3CCN(C(=O)c4ccccc4)CC3)cc2s1. The fourth-order valence-electron chi connectivity index (χ4n) is 4.19. The number of hydrogen-bond donors (Lipinski definition) is 1. The molecule has 1 aliphatic rings. The maximum Gasteiger partial charge on any atom is 0.253 e. The van der Waals surface area contributed by atoms with E-state index in [1.165, 1.54) is 23.1 Å². The molecule has 4 rings (SSSR count). The molecule has 1 fully saturated rings. The molecule has 1 saturated heterocycles. The first-order chi connectivity index (χ1) is 17.0. The van der Waals surface area contributed by atoms with Crippen molar-refractivity contribution in [1.29, 1.82) is 0 Å². The molecule has 35 heavy (non-hydrogen) atoms. The van der Waals surface area contributed by atoms with Crippen molar-refractivity contribution in [3.8, 4) is 0 Å². The molecule has 9 heteroatoms. The van der Waals surface area contributed by atoms with E-state index in [0.717, 1.165) is 20.2 Å². The number of thiazole rings is 1. The Morgan fingerprint density at radius 1 is 1.09 bits per heavy atom. The maximum absolute atomic E-state index is 12.9. The van der Waals surface area contributed by atoms with E-state index < -0.39 is 0 Å². The lowest BCUT2D eigenvalue weighted by Gasteiger charge is -2.31. The second-order valence-electron chi connectivity index (χ2n) is 8.44. The van der Waals surface area contributed by atoms with Crippen molar-refractivity contribution >= 4 is 56.7 Å². The monoisotopic (exact) mass is 510 g/mol. The number of thioether (sulfide) groups is 1. The van der Waals surface area contributed by atoms with Gasteiger partial charge >= 0.3 is 0 Å². The summed E-state index contributed by atoms with van der Waals surface area (Å²) in [5, 5.41) is 3.04. The van der Waals surface area contributed by atoms with Crippen molar-refractivity contribution in [2.45, 2.75) is 31.0 Å². The Kier molecular flexibility index (Phi) is 8.41. The number of rotatable bonds is 8. The minimum Gasteiger partial charge on any atom is -0.343 e. The fraction of sp³-hybridized carbons (Fsp3) is 0.385. The third-order valence-corrected chi connectivity index (χ3v) is 8.39. The zero-order valence-corrected chi connectivity index (χ0v) is 21.7. The number of hydrogen-bond acceptors (Lipinski definition) is 6. The molecule has 2 aromatic carbocycles. The van der Waals surface area contributed by atoms with Crippen LogP contribution < -0.4 is 5.32 Å². The Balaban J connectivity index is 1.31. The predicted molar refractivity (Wildman–Crippen MR) is 142 cm³/mol. The van der Waals surface area contributed by atoms with Crippen LogP contribution in [0.3, 0.4) is 0 Å². The molecule has 2 heterocycles. The topological polar surface area (TPSA) is 82.6 Å². The summed E-state index contributed by atoms with van der Waals surface area (Å²) in [4.78, 5) is 46.0. The summed E-state index contributed by atoms with van der Waals surface area (Å²) in [6, 6.07) is 15.0. The van der Waals surface area contributed by atoms with Crippen molar-refractivity contribution in [2.24, 2.45) is 5.92 Å². The van der Waals surface area contributed by atoms with E-state index >= 15 is 0 Å². The molecule has 0 spiro atoms. The summed E-state index contributed by atoms with van der Waals surface area (Å²) in [6.07, 6.45) is 1.29. The van der Waals surface area contributed by atoms with Gasteiger partial charge in [0.15, 0.2) is 4.34 Å². The number of carbonyl (C=O) groups excluding carboxylic acids is 3. The van der Waals surface area contributed by atoms with Crippen LogP contribution >= 0.6 is 23.1 Å². The minimum absolute atomic E-state index is 0.0138. The number of aromatic nitrogens is 1. The number of likely N-dealkylation sites (tertiary alicyclic amines) is 1. The van der Waals surface area contributed by atoms with Gasteiger partial charge in [-0.15, -0.1) is 11.3 Å². The van der Waals surface area contributed by atoms with Gasteiger partial charge in [-0.2, -0.15) is 0 Å². The van der Waals surface area contributed by atoms with Gasteiger partial charge in [-0.1, -0.05) is 30.0 Å². The van der Waals surface area contributed by atoms with E-state index in [-0.39, 0.29) is 23.6 Å². The average Bonchev–Trinajstić information content (AvgIpc) is 3.30. The van der Waals surface area contributed by atoms with Crippen molar-refractivity contribution in [2.75, 3.05) is 37.2 Å². The third-order valence-electron chi connectivity index (χ3n) is 6.25. The number of anilines is 1. The van der Waals surface area contributed by atoms with Gasteiger partial charge in [-0.3, -0.25) is 14.4 Å². The molecule has 7 nitrogen and oxygen atoms in total. The Hall–Kier alpha value is -2.91. The van der Waals surface area contributed by atoms with Crippen LogP contribution in [0.25, 0.3) is 10.2 Å². The Labute approximate surface area is 213 Å². The van der Waals surface area contributed by atoms with Crippen LogP contribution in [-0.2, 0) is 9.59 Å². The van der Waals surface area contributed by atoms with Crippen LogP contribution in [0.2, 0.25) is 0 Å². The minimum atomic E-state index is -0.121. The Morgan fingerprint density at radius 2 is 1.80 bits per heavy atom. The van der Waals surface area contributed by atoms with Crippen molar-refractivity contribution in [1.82, 2.24) is 14.8 Å². The van der Waals surface area contributed by atoms with Gasteiger partial charge in [0, 0.05) is 43.3 Å². The lowest BCUT2D eigenvalue weighted by molar-refractivity contribution is -0.128. The zero-order valence-electron chi connectivity index (χ0n) is 20.0. The molecule has 0 atom stereocenters. The van der Waals surface area contributed by atoms with E-state index in [9.17, 15) is 14.4 Å². The molecular weight excluding hydrogens is 480 g/mol. The van der Waals surface area contributed by atoms with Gasteiger partial charge in [0.05, 0.1) is 16.0 Å². The lowest BCUT2D eigenvalue weighted by atomic mass is 9.95. The van der Waals surface area contributed by atoms with Gasteiger partial charge < -0.3 is 15.1 Å². The summed E-state index contributed by atoms with van der Waals surface area (Å²) in [6.45, 7) is 6.53. The number of amides is 3. The smallest absolute Gasteiger partial charge is 0.253 e. The normalized spacial score (nSPS) is 14.2. The van der Waals surface area contributed by atoms with Crippen molar-refractivity contribution in [3.63, 3.8) is 0 Å². The second kappa shape index (κ2) is 11.7. The number of fused-ring (bicyclic) bond motifs is 1. The number of benzene rings is 2. The molecule has 3 aromatic rings. The highest BCUT2D eigenvalue weighted by Crippen LogP contribution is 2.32. The van der Waals surface area contributed by atoms with Crippen molar-refractivity contribution < 1.29 is 14.4 Å². The van der Waals surface area contributed by atoms with Gasteiger partial charge in [0.1, 0.15) is 0 Å².